The van der Waals surface area contributed by atoms with Gasteiger partial charge < -0.3 is 5.73 Å². The molecule has 0 unspecified atom stereocenters. The van der Waals surface area contributed by atoms with E-state index in [4.69, 9.17) is 5.73 Å². The largest absolute Gasteiger partial charge is 0.329 e. The quantitative estimate of drug-likeness (QED) is 0.818. The van der Waals surface area contributed by atoms with Crippen molar-refractivity contribution in [2.75, 3.05) is 6.54 Å². The van der Waals surface area contributed by atoms with Gasteiger partial charge in [-0.25, -0.2) is 0 Å². The molecule has 92 valence electrons. The van der Waals surface area contributed by atoms with Crippen LogP contribution in [0.3, 0.4) is 0 Å². The van der Waals surface area contributed by atoms with Crippen LogP contribution in [0.4, 0.5) is 0 Å². The highest BCUT2D eigenvalue weighted by Gasteiger charge is 2.41. The van der Waals surface area contributed by atoms with E-state index in [1.165, 1.54) is 12.0 Å². The van der Waals surface area contributed by atoms with E-state index in [0.29, 0.717) is 18.7 Å². The molecule has 17 heavy (non-hydrogen) atoms. The molecule has 1 aromatic rings. The van der Waals surface area contributed by atoms with Crippen LogP contribution in [-0.4, -0.2) is 12.3 Å². The fourth-order valence-corrected chi connectivity index (χ4v) is 2.56. The summed E-state index contributed by atoms with van der Waals surface area (Å²) in [5.74, 6) is 0.391. The van der Waals surface area contributed by atoms with Gasteiger partial charge in [-0.05, 0) is 31.2 Å². The Morgan fingerprint density at radius 1 is 1.24 bits per heavy atom. The molecule has 1 aromatic carbocycles. The zero-order valence-electron chi connectivity index (χ0n) is 10.3. The molecule has 2 N–H and O–H groups in total. The van der Waals surface area contributed by atoms with Gasteiger partial charge in [-0.3, -0.25) is 4.79 Å². The van der Waals surface area contributed by atoms with Crippen LogP contribution in [-0.2, 0) is 11.2 Å². The first kappa shape index (κ1) is 12.3. The maximum absolute atomic E-state index is 12.1. The summed E-state index contributed by atoms with van der Waals surface area (Å²) in [6.45, 7) is 0.539. The molecule has 0 atom stereocenters. The van der Waals surface area contributed by atoms with Crippen molar-refractivity contribution in [3.05, 3.63) is 35.9 Å². The molecule has 0 saturated heterocycles. The fourth-order valence-electron chi connectivity index (χ4n) is 2.56. The minimum atomic E-state index is -0.142. The van der Waals surface area contributed by atoms with Crippen molar-refractivity contribution in [2.24, 2.45) is 11.1 Å². The standard InChI is InChI=1S/C15H21NO/c16-12-15(10-5-11-15)14(17)9-4-8-13-6-2-1-3-7-13/h1-3,6-7H,4-5,8-12,16H2. The minimum absolute atomic E-state index is 0.142. The first-order valence-corrected chi connectivity index (χ1v) is 6.54. The van der Waals surface area contributed by atoms with Crippen LogP contribution < -0.4 is 5.73 Å². The van der Waals surface area contributed by atoms with Crippen molar-refractivity contribution in [1.82, 2.24) is 0 Å². The molecule has 2 heteroatoms. The van der Waals surface area contributed by atoms with Gasteiger partial charge in [-0.1, -0.05) is 36.8 Å². The lowest BCUT2D eigenvalue weighted by molar-refractivity contribution is -0.132. The number of carbonyl (C=O) groups excluding carboxylic acids is 1. The van der Waals surface area contributed by atoms with Gasteiger partial charge in [-0.15, -0.1) is 0 Å². The Morgan fingerprint density at radius 3 is 2.47 bits per heavy atom. The first-order chi connectivity index (χ1) is 8.27. The summed E-state index contributed by atoms with van der Waals surface area (Å²) in [6, 6.07) is 10.3. The summed E-state index contributed by atoms with van der Waals surface area (Å²) >= 11 is 0. The lowest BCUT2D eigenvalue weighted by Crippen LogP contribution is -2.44. The highest BCUT2D eigenvalue weighted by molar-refractivity contribution is 5.85. The van der Waals surface area contributed by atoms with E-state index in [1.807, 2.05) is 18.2 Å². The lowest BCUT2D eigenvalue weighted by atomic mass is 9.65. The van der Waals surface area contributed by atoms with E-state index in [0.717, 1.165) is 25.7 Å². The van der Waals surface area contributed by atoms with Gasteiger partial charge >= 0.3 is 0 Å². The van der Waals surface area contributed by atoms with Gasteiger partial charge in [0.2, 0.25) is 0 Å². The van der Waals surface area contributed by atoms with Crippen molar-refractivity contribution in [3.8, 4) is 0 Å². The summed E-state index contributed by atoms with van der Waals surface area (Å²) in [4.78, 5) is 12.1. The number of carbonyl (C=O) groups is 1. The Bertz CT molecular complexity index is 362. The normalized spacial score (nSPS) is 17.5. The molecule has 2 nitrogen and oxygen atoms in total. The van der Waals surface area contributed by atoms with E-state index >= 15 is 0 Å². The van der Waals surface area contributed by atoms with E-state index in [1.54, 1.807) is 0 Å². The van der Waals surface area contributed by atoms with Gasteiger partial charge in [0.05, 0.1) is 0 Å². The number of hydrogen-bond donors (Lipinski definition) is 1. The van der Waals surface area contributed by atoms with Gasteiger partial charge in [0.15, 0.2) is 0 Å². The Hall–Kier alpha value is -1.15. The summed E-state index contributed by atoms with van der Waals surface area (Å²) in [6.07, 6.45) is 5.81. The third kappa shape index (κ3) is 2.75. The first-order valence-electron chi connectivity index (χ1n) is 6.54. The van der Waals surface area contributed by atoms with Crippen molar-refractivity contribution >= 4 is 5.78 Å². The van der Waals surface area contributed by atoms with E-state index in [-0.39, 0.29) is 5.41 Å². The summed E-state index contributed by atoms with van der Waals surface area (Å²) < 4.78 is 0. The molecular weight excluding hydrogens is 210 g/mol. The molecule has 1 saturated carbocycles. The molecule has 0 aliphatic heterocycles. The monoisotopic (exact) mass is 231 g/mol. The summed E-state index contributed by atoms with van der Waals surface area (Å²) in [5, 5.41) is 0. The number of Topliss-reactive ketones (excluding diaryl/α,β-unsaturated/α-hetero) is 1. The Balaban J connectivity index is 1.77. The van der Waals surface area contributed by atoms with E-state index in [2.05, 4.69) is 12.1 Å². The van der Waals surface area contributed by atoms with Crippen LogP contribution in [0.25, 0.3) is 0 Å². The summed E-state index contributed by atoms with van der Waals surface area (Å²) in [5.41, 5.74) is 6.91. The molecule has 0 radical (unpaired) electrons. The van der Waals surface area contributed by atoms with Crippen molar-refractivity contribution in [2.45, 2.75) is 38.5 Å². The second-order valence-corrected chi connectivity index (χ2v) is 5.10. The zero-order valence-corrected chi connectivity index (χ0v) is 10.3. The second kappa shape index (κ2) is 5.46. The lowest BCUT2D eigenvalue weighted by Gasteiger charge is -2.39. The molecule has 0 aromatic heterocycles. The molecular formula is C15H21NO. The second-order valence-electron chi connectivity index (χ2n) is 5.10. The van der Waals surface area contributed by atoms with Crippen LogP contribution in [0.2, 0.25) is 0 Å². The molecule has 1 fully saturated rings. The molecule has 0 spiro atoms. The third-order valence-corrected chi connectivity index (χ3v) is 4.01. The number of rotatable bonds is 6. The number of nitrogens with two attached hydrogens (primary N) is 1. The number of ketones is 1. The number of hydrogen-bond acceptors (Lipinski definition) is 2. The van der Waals surface area contributed by atoms with Gasteiger partial charge in [-0.2, -0.15) is 0 Å². The molecule has 1 aliphatic carbocycles. The molecule has 0 amide bonds. The average molecular weight is 231 g/mol. The topological polar surface area (TPSA) is 43.1 Å². The van der Waals surface area contributed by atoms with Crippen LogP contribution in [0.15, 0.2) is 30.3 Å². The van der Waals surface area contributed by atoms with Crippen molar-refractivity contribution in [3.63, 3.8) is 0 Å². The molecule has 2 rings (SSSR count). The van der Waals surface area contributed by atoms with Gasteiger partial charge in [0, 0.05) is 18.4 Å². The Labute approximate surface area is 103 Å². The zero-order chi connectivity index (χ0) is 12.1. The van der Waals surface area contributed by atoms with E-state index < -0.39 is 0 Å². The minimum Gasteiger partial charge on any atom is -0.329 e. The molecule has 1 aliphatic rings. The number of benzene rings is 1. The van der Waals surface area contributed by atoms with E-state index in [9.17, 15) is 4.79 Å². The third-order valence-electron chi connectivity index (χ3n) is 4.01. The van der Waals surface area contributed by atoms with Gasteiger partial charge in [0.25, 0.3) is 0 Å². The predicted octanol–water partition coefficient (Wildman–Crippen LogP) is 2.71. The predicted molar refractivity (Wildman–Crippen MR) is 69.7 cm³/mol. The van der Waals surface area contributed by atoms with Gasteiger partial charge in [0.1, 0.15) is 5.78 Å². The fraction of sp³-hybridized carbons (Fsp3) is 0.533. The van der Waals surface area contributed by atoms with Crippen LogP contribution in [0.1, 0.15) is 37.7 Å². The number of aryl methyl sites for hydroxylation is 1. The highest BCUT2D eigenvalue weighted by atomic mass is 16.1. The Kier molecular flexibility index (Phi) is 3.95. The average Bonchev–Trinajstić information content (AvgIpc) is 2.30. The smallest absolute Gasteiger partial charge is 0.140 e. The van der Waals surface area contributed by atoms with Crippen molar-refractivity contribution < 1.29 is 4.79 Å². The Morgan fingerprint density at radius 2 is 1.94 bits per heavy atom. The maximum atomic E-state index is 12.1. The highest BCUT2D eigenvalue weighted by Crippen LogP contribution is 2.41. The SMILES string of the molecule is NCC1(C(=O)CCCc2ccccc2)CCC1. The van der Waals surface area contributed by atoms with Crippen LogP contribution in [0.5, 0.6) is 0 Å². The summed E-state index contributed by atoms with van der Waals surface area (Å²) in [7, 11) is 0. The maximum Gasteiger partial charge on any atom is 0.140 e. The van der Waals surface area contributed by atoms with Crippen molar-refractivity contribution in [1.29, 1.82) is 0 Å². The molecule has 0 bridgehead atoms. The van der Waals surface area contributed by atoms with Crippen LogP contribution >= 0.6 is 0 Å². The van der Waals surface area contributed by atoms with Crippen LogP contribution in [0, 0.1) is 5.41 Å². The molecule has 0 heterocycles.